The SMILES string of the molecule is C1=C2c3ccc4c([nH]c5ccccc54)c3N(c3ccccc3)C2CS1. The zero-order valence-electron chi connectivity index (χ0n) is 13.6. The van der Waals surface area contributed by atoms with Gasteiger partial charge in [0.05, 0.1) is 17.2 Å². The van der Waals surface area contributed by atoms with Crippen molar-refractivity contribution in [2.45, 2.75) is 6.04 Å². The summed E-state index contributed by atoms with van der Waals surface area (Å²) in [6.45, 7) is 0. The Morgan fingerprint density at radius 1 is 0.880 bits per heavy atom. The van der Waals surface area contributed by atoms with E-state index in [0.29, 0.717) is 6.04 Å². The van der Waals surface area contributed by atoms with Crippen molar-refractivity contribution >= 4 is 50.5 Å². The lowest BCUT2D eigenvalue weighted by atomic mass is 10.0. The third-order valence-electron chi connectivity index (χ3n) is 5.38. The zero-order chi connectivity index (χ0) is 16.4. The minimum atomic E-state index is 0.430. The van der Waals surface area contributed by atoms with Crippen LogP contribution in [-0.4, -0.2) is 16.8 Å². The number of benzene rings is 3. The lowest BCUT2D eigenvalue weighted by Crippen LogP contribution is -2.27. The molecule has 3 heteroatoms. The van der Waals surface area contributed by atoms with E-state index < -0.39 is 0 Å². The van der Waals surface area contributed by atoms with E-state index >= 15 is 0 Å². The molecule has 1 aromatic heterocycles. The van der Waals surface area contributed by atoms with Gasteiger partial charge in [-0.1, -0.05) is 48.5 Å². The van der Waals surface area contributed by atoms with E-state index in [1.807, 2.05) is 11.8 Å². The molecule has 120 valence electrons. The highest BCUT2D eigenvalue weighted by atomic mass is 32.2. The first kappa shape index (κ1) is 13.6. The summed E-state index contributed by atoms with van der Waals surface area (Å²) in [4.78, 5) is 6.22. The molecule has 0 saturated carbocycles. The van der Waals surface area contributed by atoms with Crippen LogP contribution in [0.2, 0.25) is 0 Å². The number of hydrogen-bond acceptors (Lipinski definition) is 2. The number of rotatable bonds is 1. The molecule has 2 aliphatic rings. The van der Waals surface area contributed by atoms with Gasteiger partial charge in [-0.2, -0.15) is 0 Å². The number of H-pyrrole nitrogens is 1. The number of para-hydroxylation sites is 2. The van der Waals surface area contributed by atoms with Gasteiger partial charge in [0.1, 0.15) is 0 Å². The Morgan fingerprint density at radius 3 is 2.64 bits per heavy atom. The first-order valence-corrected chi connectivity index (χ1v) is 9.66. The number of aromatic amines is 1. The van der Waals surface area contributed by atoms with Crippen molar-refractivity contribution in [1.29, 1.82) is 0 Å². The third-order valence-corrected chi connectivity index (χ3v) is 6.30. The van der Waals surface area contributed by atoms with Crippen LogP contribution in [0.25, 0.3) is 27.4 Å². The molecule has 3 aromatic carbocycles. The van der Waals surface area contributed by atoms with Gasteiger partial charge in [-0.05, 0) is 29.2 Å². The summed E-state index contributed by atoms with van der Waals surface area (Å²) in [5, 5.41) is 4.96. The normalized spacial score (nSPS) is 18.6. The van der Waals surface area contributed by atoms with Crippen molar-refractivity contribution in [2.75, 3.05) is 10.7 Å². The number of fused-ring (bicyclic) bond motifs is 7. The van der Waals surface area contributed by atoms with Gasteiger partial charge in [0.25, 0.3) is 0 Å². The fourth-order valence-electron chi connectivity index (χ4n) is 4.29. The maximum Gasteiger partial charge on any atom is 0.0739 e. The van der Waals surface area contributed by atoms with Crippen molar-refractivity contribution in [1.82, 2.24) is 4.98 Å². The number of anilines is 2. The van der Waals surface area contributed by atoms with Crippen LogP contribution in [0.15, 0.2) is 72.1 Å². The Labute approximate surface area is 150 Å². The van der Waals surface area contributed by atoms with E-state index in [1.165, 1.54) is 44.3 Å². The minimum absolute atomic E-state index is 0.430. The molecule has 2 nitrogen and oxygen atoms in total. The molecule has 0 fully saturated rings. The second-order valence-electron chi connectivity index (χ2n) is 6.68. The number of nitrogens with zero attached hydrogens (tertiary/aromatic N) is 1. The molecule has 0 bridgehead atoms. The van der Waals surface area contributed by atoms with Crippen molar-refractivity contribution in [3.8, 4) is 0 Å². The molecule has 3 heterocycles. The van der Waals surface area contributed by atoms with Gasteiger partial charge in [-0.3, -0.25) is 0 Å². The molecular formula is C22H16N2S. The van der Waals surface area contributed by atoms with Crippen LogP contribution >= 0.6 is 11.8 Å². The Morgan fingerprint density at radius 2 is 1.72 bits per heavy atom. The molecule has 0 saturated heterocycles. The fraction of sp³-hybridized carbons (Fsp3) is 0.0909. The molecule has 25 heavy (non-hydrogen) atoms. The van der Waals surface area contributed by atoms with E-state index in [9.17, 15) is 0 Å². The van der Waals surface area contributed by atoms with E-state index in [1.54, 1.807) is 0 Å². The summed E-state index contributed by atoms with van der Waals surface area (Å²) in [5.74, 6) is 1.11. The first-order chi connectivity index (χ1) is 12.4. The summed E-state index contributed by atoms with van der Waals surface area (Å²) < 4.78 is 0. The summed E-state index contributed by atoms with van der Waals surface area (Å²) >= 11 is 1.92. The molecule has 0 radical (unpaired) electrons. The monoisotopic (exact) mass is 340 g/mol. The molecule has 0 amide bonds. The molecular weight excluding hydrogens is 324 g/mol. The van der Waals surface area contributed by atoms with Crippen molar-refractivity contribution in [2.24, 2.45) is 0 Å². The second kappa shape index (κ2) is 4.93. The molecule has 1 unspecified atom stereocenters. The fourth-order valence-corrected chi connectivity index (χ4v) is 5.37. The molecule has 6 rings (SSSR count). The van der Waals surface area contributed by atoms with Gasteiger partial charge < -0.3 is 9.88 Å². The van der Waals surface area contributed by atoms with Crippen LogP contribution in [0.3, 0.4) is 0 Å². The van der Waals surface area contributed by atoms with Crippen LogP contribution in [0, 0.1) is 0 Å². The summed E-state index contributed by atoms with van der Waals surface area (Å²) in [5.41, 5.74) is 7.90. The lowest BCUT2D eigenvalue weighted by molar-refractivity contribution is 0.940. The average Bonchev–Trinajstić information content (AvgIpc) is 3.34. The molecule has 1 N–H and O–H groups in total. The Balaban J connectivity index is 1.73. The van der Waals surface area contributed by atoms with Crippen LogP contribution in [0.5, 0.6) is 0 Å². The molecule has 0 aliphatic carbocycles. The molecule has 0 spiro atoms. The Kier molecular flexibility index (Phi) is 2.69. The Hall–Kier alpha value is -2.65. The number of nitrogens with one attached hydrogen (secondary N) is 1. The van der Waals surface area contributed by atoms with E-state index in [-0.39, 0.29) is 0 Å². The largest absolute Gasteiger partial charge is 0.353 e. The van der Waals surface area contributed by atoms with E-state index in [0.717, 1.165) is 5.75 Å². The van der Waals surface area contributed by atoms with Gasteiger partial charge >= 0.3 is 0 Å². The van der Waals surface area contributed by atoms with E-state index in [2.05, 4.69) is 82.0 Å². The van der Waals surface area contributed by atoms with Crippen molar-refractivity contribution in [3.63, 3.8) is 0 Å². The zero-order valence-corrected chi connectivity index (χ0v) is 14.4. The van der Waals surface area contributed by atoms with Crippen LogP contribution in [-0.2, 0) is 0 Å². The van der Waals surface area contributed by atoms with Gasteiger partial charge in [-0.15, -0.1) is 11.8 Å². The highest BCUT2D eigenvalue weighted by Gasteiger charge is 2.39. The van der Waals surface area contributed by atoms with Crippen molar-refractivity contribution in [3.05, 3.63) is 77.7 Å². The summed E-state index contributed by atoms with van der Waals surface area (Å²) in [6.07, 6.45) is 0. The lowest BCUT2D eigenvalue weighted by Gasteiger charge is -2.26. The quantitative estimate of drug-likeness (QED) is 0.463. The van der Waals surface area contributed by atoms with Gasteiger partial charge in [0.2, 0.25) is 0 Å². The number of thioether (sulfide) groups is 1. The predicted octanol–water partition coefficient (Wildman–Crippen LogP) is 5.93. The van der Waals surface area contributed by atoms with Crippen LogP contribution < -0.4 is 4.90 Å². The van der Waals surface area contributed by atoms with Crippen LogP contribution in [0.1, 0.15) is 5.56 Å². The van der Waals surface area contributed by atoms with E-state index in [4.69, 9.17) is 0 Å². The predicted molar refractivity (Wildman–Crippen MR) is 109 cm³/mol. The second-order valence-corrected chi connectivity index (χ2v) is 7.59. The first-order valence-electron chi connectivity index (χ1n) is 8.61. The summed E-state index contributed by atoms with van der Waals surface area (Å²) in [7, 11) is 0. The topological polar surface area (TPSA) is 19.0 Å². The average molecular weight is 340 g/mol. The third kappa shape index (κ3) is 1.76. The van der Waals surface area contributed by atoms with Gasteiger partial charge in [-0.25, -0.2) is 0 Å². The molecule has 4 aromatic rings. The Bertz CT molecular complexity index is 1160. The highest BCUT2D eigenvalue weighted by Crippen LogP contribution is 2.52. The van der Waals surface area contributed by atoms with Crippen LogP contribution in [0.4, 0.5) is 11.4 Å². The van der Waals surface area contributed by atoms with Gasteiger partial charge in [0.15, 0.2) is 0 Å². The maximum atomic E-state index is 3.69. The standard InChI is InChI=1S/C22H16N2S/c1-2-6-14(7-3-1)24-20-13-25-12-18(20)17-11-10-16-15-8-4-5-9-19(15)23-21(16)22(17)24/h1-12,20,23H,13H2. The molecule has 2 aliphatic heterocycles. The maximum absolute atomic E-state index is 3.69. The number of aromatic nitrogens is 1. The summed E-state index contributed by atoms with van der Waals surface area (Å²) in [6, 6.07) is 24.4. The highest BCUT2D eigenvalue weighted by molar-refractivity contribution is 8.02. The molecule has 1 atom stereocenters. The van der Waals surface area contributed by atoms with Gasteiger partial charge in [0, 0.05) is 33.3 Å². The van der Waals surface area contributed by atoms with Crippen molar-refractivity contribution < 1.29 is 0 Å². The smallest absolute Gasteiger partial charge is 0.0739 e. The number of hydrogen-bond donors (Lipinski definition) is 1. The minimum Gasteiger partial charge on any atom is -0.353 e.